The number of pyridine rings is 1. The van der Waals surface area contributed by atoms with Crippen LogP contribution in [0.15, 0.2) is 24.5 Å². The Morgan fingerprint density at radius 2 is 2.05 bits per heavy atom. The van der Waals surface area contributed by atoms with E-state index in [-0.39, 0.29) is 11.8 Å². The fraction of sp³-hybridized carbons (Fsp3) is 0.533. The van der Waals surface area contributed by atoms with E-state index in [4.69, 9.17) is 5.73 Å². The van der Waals surface area contributed by atoms with Crippen molar-refractivity contribution in [1.82, 2.24) is 14.8 Å². The summed E-state index contributed by atoms with van der Waals surface area (Å²) in [7, 11) is 0. The number of aromatic nitrogens is 1. The van der Waals surface area contributed by atoms with Gasteiger partial charge in [0, 0.05) is 44.5 Å². The third kappa shape index (κ3) is 2.84. The number of primary amides is 1. The first kappa shape index (κ1) is 13.9. The molecule has 3 rings (SSSR count). The fourth-order valence-corrected chi connectivity index (χ4v) is 3.12. The summed E-state index contributed by atoms with van der Waals surface area (Å²) in [5.74, 6) is 0.445. The molecule has 0 spiro atoms. The minimum atomic E-state index is -0.427. The molecule has 3 heterocycles. The number of carbonyl (C=O) groups excluding carboxylic acids is 2. The molecular formula is C15H20N4O2. The average molecular weight is 288 g/mol. The largest absolute Gasteiger partial charge is 0.351 e. The summed E-state index contributed by atoms with van der Waals surface area (Å²) in [6.45, 7) is 2.62. The zero-order valence-electron chi connectivity index (χ0n) is 11.9. The van der Waals surface area contributed by atoms with Crippen LogP contribution < -0.4 is 5.73 Å². The molecule has 2 N–H and O–H groups in total. The van der Waals surface area contributed by atoms with Crippen LogP contribution in [-0.2, 0) is 4.79 Å². The maximum Gasteiger partial charge on any atom is 0.314 e. The molecule has 0 unspecified atom stereocenters. The molecule has 0 aliphatic carbocycles. The molecule has 3 amide bonds. The van der Waals surface area contributed by atoms with Gasteiger partial charge in [-0.2, -0.15) is 0 Å². The highest BCUT2D eigenvalue weighted by molar-refractivity contribution is 5.81. The van der Waals surface area contributed by atoms with Crippen molar-refractivity contribution in [1.29, 1.82) is 0 Å². The van der Waals surface area contributed by atoms with Crippen LogP contribution >= 0.6 is 0 Å². The van der Waals surface area contributed by atoms with Gasteiger partial charge in [-0.3, -0.25) is 9.78 Å². The molecule has 21 heavy (non-hydrogen) atoms. The third-order valence-electron chi connectivity index (χ3n) is 4.43. The first-order valence-electron chi connectivity index (χ1n) is 7.38. The summed E-state index contributed by atoms with van der Waals surface area (Å²) in [6, 6.07) is 3.55. The number of likely N-dealkylation sites (tertiary alicyclic amines) is 2. The summed E-state index contributed by atoms with van der Waals surface area (Å²) in [5.41, 5.74) is 6.49. The van der Waals surface area contributed by atoms with E-state index >= 15 is 0 Å². The number of hydrogen-bond acceptors (Lipinski definition) is 3. The number of urea groups is 1. The number of hydrogen-bond donors (Lipinski definition) is 1. The molecule has 0 saturated carbocycles. The molecule has 0 bridgehead atoms. The fourth-order valence-electron chi connectivity index (χ4n) is 3.12. The quantitative estimate of drug-likeness (QED) is 0.874. The van der Waals surface area contributed by atoms with Gasteiger partial charge in [0.2, 0.25) is 5.91 Å². The van der Waals surface area contributed by atoms with Gasteiger partial charge in [0.1, 0.15) is 0 Å². The van der Waals surface area contributed by atoms with Crippen molar-refractivity contribution < 1.29 is 9.59 Å². The molecule has 1 aromatic rings. The Morgan fingerprint density at radius 1 is 1.24 bits per heavy atom. The van der Waals surface area contributed by atoms with E-state index in [0.29, 0.717) is 19.0 Å². The summed E-state index contributed by atoms with van der Waals surface area (Å²) in [5, 5.41) is 0. The molecule has 0 radical (unpaired) electrons. The lowest BCUT2D eigenvalue weighted by molar-refractivity contribution is -0.141. The molecule has 6 heteroatoms. The third-order valence-corrected chi connectivity index (χ3v) is 4.43. The van der Waals surface area contributed by atoms with Crippen LogP contribution in [0.4, 0.5) is 4.79 Å². The Balaban J connectivity index is 1.54. The van der Waals surface area contributed by atoms with Crippen LogP contribution in [0.2, 0.25) is 0 Å². The van der Waals surface area contributed by atoms with Crippen LogP contribution in [0.1, 0.15) is 24.3 Å². The van der Waals surface area contributed by atoms with E-state index in [1.165, 1.54) is 5.56 Å². The van der Waals surface area contributed by atoms with Crippen LogP contribution in [0, 0.1) is 5.92 Å². The van der Waals surface area contributed by atoms with Gasteiger partial charge < -0.3 is 15.5 Å². The molecule has 2 aliphatic rings. The average Bonchev–Trinajstić information content (AvgIpc) is 2.47. The van der Waals surface area contributed by atoms with Gasteiger partial charge in [-0.25, -0.2) is 4.79 Å². The number of nitrogens with zero attached hydrogens (tertiary/aromatic N) is 3. The van der Waals surface area contributed by atoms with Gasteiger partial charge in [-0.05, 0) is 24.5 Å². The lowest BCUT2D eigenvalue weighted by Crippen LogP contribution is -2.54. The van der Waals surface area contributed by atoms with E-state index in [9.17, 15) is 9.59 Å². The standard InChI is InChI=1S/C15H20N4O2/c16-15(21)18-6-2-4-12(8-18)14(20)19-9-13(10-19)11-3-1-5-17-7-11/h1,3,5,7,12-13H,2,4,6,8-10H2,(H2,16,21)/t12-/m0/s1. The minimum absolute atomic E-state index is 0.0962. The smallest absolute Gasteiger partial charge is 0.314 e. The van der Waals surface area contributed by atoms with Crippen molar-refractivity contribution in [2.45, 2.75) is 18.8 Å². The zero-order chi connectivity index (χ0) is 14.8. The lowest BCUT2D eigenvalue weighted by Gasteiger charge is -2.42. The van der Waals surface area contributed by atoms with Gasteiger partial charge in [-0.15, -0.1) is 0 Å². The highest BCUT2D eigenvalue weighted by Gasteiger charge is 2.37. The Kier molecular flexibility index (Phi) is 3.77. The first-order chi connectivity index (χ1) is 10.1. The topological polar surface area (TPSA) is 79.5 Å². The van der Waals surface area contributed by atoms with E-state index in [1.807, 2.05) is 17.2 Å². The Labute approximate surface area is 123 Å². The molecule has 2 fully saturated rings. The number of piperidine rings is 1. The molecule has 6 nitrogen and oxygen atoms in total. The number of nitrogens with two attached hydrogens (primary N) is 1. The molecule has 2 saturated heterocycles. The molecule has 112 valence electrons. The summed E-state index contributed by atoms with van der Waals surface area (Å²) >= 11 is 0. The normalized spacial score (nSPS) is 22.8. The Morgan fingerprint density at radius 3 is 2.71 bits per heavy atom. The van der Waals surface area contributed by atoms with Crippen LogP contribution in [0.25, 0.3) is 0 Å². The van der Waals surface area contributed by atoms with E-state index in [1.54, 1.807) is 11.1 Å². The molecular weight excluding hydrogens is 268 g/mol. The van der Waals surface area contributed by atoms with Crippen LogP contribution in [0.5, 0.6) is 0 Å². The summed E-state index contributed by atoms with van der Waals surface area (Å²) < 4.78 is 0. The van der Waals surface area contributed by atoms with Crippen molar-refractivity contribution in [3.8, 4) is 0 Å². The predicted octanol–water partition coefficient (Wildman–Crippen LogP) is 0.798. The van der Waals surface area contributed by atoms with Crippen molar-refractivity contribution in [2.75, 3.05) is 26.2 Å². The second-order valence-electron chi connectivity index (χ2n) is 5.85. The predicted molar refractivity (Wildman–Crippen MR) is 77.4 cm³/mol. The maximum atomic E-state index is 12.5. The van der Waals surface area contributed by atoms with E-state index in [0.717, 1.165) is 25.9 Å². The Hall–Kier alpha value is -2.11. The van der Waals surface area contributed by atoms with E-state index < -0.39 is 6.03 Å². The monoisotopic (exact) mass is 288 g/mol. The van der Waals surface area contributed by atoms with Crippen molar-refractivity contribution in [3.05, 3.63) is 30.1 Å². The maximum absolute atomic E-state index is 12.5. The van der Waals surface area contributed by atoms with Crippen LogP contribution in [-0.4, -0.2) is 52.9 Å². The second kappa shape index (κ2) is 5.71. The molecule has 2 aliphatic heterocycles. The summed E-state index contributed by atoms with van der Waals surface area (Å²) in [6.07, 6.45) is 5.31. The highest BCUT2D eigenvalue weighted by Crippen LogP contribution is 2.29. The van der Waals surface area contributed by atoms with Crippen molar-refractivity contribution in [3.63, 3.8) is 0 Å². The number of amides is 3. The summed E-state index contributed by atoms with van der Waals surface area (Å²) in [4.78, 5) is 31.3. The molecule has 0 aromatic carbocycles. The highest BCUT2D eigenvalue weighted by atomic mass is 16.2. The SMILES string of the molecule is NC(=O)N1CCC[C@H](C(=O)N2CC(c3cccnc3)C2)C1. The van der Waals surface area contributed by atoms with Gasteiger partial charge >= 0.3 is 6.03 Å². The van der Waals surface area contributed by atoms with Crippen molar-refractivity contribution >= 4 is 11.9 Å². The zero-order valence-corrected chi connectivity index (χ0v) is 11.9. The lowest BCUT2D eigenvalue weighted by atomic mass is 9.89. The number of carbonyl (C=O) groups is 2. The van der Waals surface area contributed by atoms with Gasteiger partial charge in [0.25, 0.3) is 0 Å². The van der Waals surface area contributed by atoms with Gasteiger partial charge in [-0.1, -0.05) is 6.07 Å². The number of rotatable bonds is 2. The van der Waals surface area contributed by atoms with Crippen LogP contribution in [0.3, 0.4) is 0 Å². The molecule has 1 atom stereocenters. The molecule has 1 aromatic heterocycles. The van der Waals surface area contributed by atoms with Gasteiger partial charge in [0.05, 0.1) is 5.92 Å². The van der Waals surface area contributed by atoms with E-state index in [2.05, 4.69) is 11.1 Å². The second-order valence-corrected chi connectivity index (χ2v) is 5.85. The minimum Gasteiger partial charge on any atom is -0.351 e. The van der Waals surface area contributed by atoms with Gasteiger partial charge in [0.15, 0.2) is 0 Å². The first-order valence-corrected chi connectivity index (χ1v) is 7.38. The van der Waals surface area contributed by atoms with Crippen molar-refractivity contribution in [2.24, 2.45) is 11.7 Å². The Bertz CT molecular complexity index is 528.